The van der Waals surface area contributed by atoms with Crippen molar-refractivity contribution < 1.29 is 0 Å². The maximum Gasteiger partial charge on any atom is 0.0169 e. The number of rotatable bonds is 7. The van der Waals surface area contributed by atoms with E-state index in [0.29, 0.717) is 11.5 Å². The Labute approximate surface area is 129 Å². The topological polar surface area (TPSA) is 12.0 Å². The summed E-state index contributed by atoms with van der Waals surface area (Å²) in [5.41, 5.74) is 0.504. The first-order valence-corrected chi connectivity index (χ1v) is 9.30. The van der Waals surface area contributed by atoms with E-state index in [1.807, 2.05) is 11.3 Å². The molecule has 1 aliphatic rings. The second kappa shape index (κ2) is 7.61. The SMILES string of the molecule is CCCNC(Cc1ccc(CC)s1)C1(C)CCCCC1. The summed E-state index contributed by atoms with van der Waals surface area (Å²) in [6, 6.07) is 5.34. The predicted octanol–water partition coefficient (Wildman–Crippen LogP) is 5.19. The van der Waals surface area contributed by atoms with Gasteiger partial charge in [0.15, 0.2) is 0 Å². The van der Waals surface area contributed by atoms with E-state index in [4.69, 9.17) is 0 Å². The van der Waals surface area contributed by atoms with Gasteiger partial charge in [-0.1, -0.05) is 40.0 Å². The van der Waals surface area contributed by atoms with E-state index in [2.05, 4.69) is 38.2 Å². The number of hydrogen-bond donors (Lipinski definition) is 1. The molecule has 1 aliphatic carbocycles. The van der Waals surface area contributed by atoms with Crippen LogP contribution in [-0.2, 0) is 12.8 Å². The van der Waals surface area contributed by atoms with Crippen LogP contribution < -0.4 is 5.32 Å². The van der Waals surface area contributed by atoms with E-state index in [1.54, 1.807) is 4.88 Å². The Balaban J connectivity index is 2.05. The molecular weight excluding hydrogens is 262 g/mol. The van der Waals surface area contributed by atoms with Crippen molar-refractivity contribution in [1.29, 1.82) is 0 Å². The second-order valence-electron chi connectivity index (χ2n) is 6.65. The molecule has 0 spiro atoms. The zero-order valence-corrected chi connectivity index (χ0v) is 14.3. The molecule has 0 saturated heterocycles. The van der Waals surface area contributed by atoms with Crippen LogP contribution in [0.3, 0.4) is 0 Å². The first-order valence-electron chi connectivity index (χ1n) is 8.49. The molecule has 1 aromatic rings. The van der Waals surface area contributed by atoms with E-state index in [-0.39, 0.29) is 0 Å². The fourth-order valence-corrected chi connectivity index (χ4v) is 4.52. The van der Waals surface area contributed by atoms with Gasteiger partial charge in [0.2, 0.25) is 0 Å². The Morgan fingerprint density at radius 3 is 2.45 bits per heavy atom. The van der Waals surface area contributed by atoms with Crippen LogP contribution in [0, 0.1) is 5.41 Å². The normalized spacial score (nSPS) is 19.9. The lowest BCUT2D eigenvalue weighted by Gasteiger charge is -2.41. The standard InChI is InChI=1S/C18H31NS/c1-4-13-19-17(18(3)11-7-6-8-12-18)14-16-10-9-15(5-2)20-16/h9-10,17,19H,4-8,11-14H2,1-3H3. The molecule has 0 aliphatic heterocycles. The lowest BCUT2D eigenvalue weighted by atomic mass is 9.69. The zero-order chi connectivity index (χ0) is 14.4. The summed E-state index contributed by atoms with van der Waals surface area (Å²) in [6.07, 6.45) is 10.7. The van der Waals surface area contributed by atoms with Crippen molar-refractivity contribution >= 4 is 11.3 Å². The highest BCUT2D eigenvalue weighted by molar-refractivity contribution is 7.11. The molecule has 0 aromatic carbocycles. The van der Waals surface area contributed by atoms with Crippen molar-refractivity contribution in [3.05, 3.63) is 21.9 Å². The number of aryl methyl sites for hydroxylation is 1. The molecule has 1 atom stereocenters. The van der Waals surface area contributed by atoms with Crippen LogP contribution in [0.2, 0.25) is 0 Å². The molecule has 1 N–H and O–H groups in total. The van der Waals surface area contributed by atoms with Gasteiger partial charge in [0.25, 0.3) is 0 Å². The molecule has 20 heavy (non-hydrogen) atoms. The average molecular weight is 294 g/mol. The molecule has 1 saturated carbocycles. The number of nitrogens with one attached hydrogen (secondary N) is 1. The molecule has 1 fully saturated rings. The monoisotopic (exact) mass is 293 g/mol. The largest absolute Gasteiger partial charge is 0.313 e. The average Bonchev–Trinajstić information content (AvgIpc) is 2.92. The fraction of sp³-hybridized carbons (Fsp3) is 0.778. The lowest BCUT2D eigenvalue weighted by molar-refractivity contribution is 0.144. The summed E-state index contributed by atoms with van der Waals surface area (Å²) in [5.74, 6) is 0. The van der Waals surface area contributed by atoms with Crippen molar-refractivity contribution in [2.24, 2.45) is 5.41 Å². The summed E-state index contributed by atoms with van der Waals surface area (Å²) in [4.78, 5) is 3.10. The molecule has 0 radical (unpaired) electrons. The molecule has 2 rings (SSSR count). The Hall–Kier alpha value is -0.340. The van der Waals surface area contributed by atoms with Crippen molar-refractivity contribution in [2.45, 2.75) is 78.2 Å². The van der Waals surface area contributed by atoms with Gasteiger partial charge in [-0.15, -0.1) is 11.3 Å². The van der Waals surface area contributed by atoms with Crippen LogP contribution in [0.25, 0.3) is 0 Å². The van der Waals surface area contributed by atoms with Crippen LogP contribution in [-0.4, -0.2) is 12.6 Å². The van der Waals surface area contributed by atoms with Crippen LogP contribution in [0.15, 0.2) is 12.1 Å². The Morgan fingerprint density at radius 1 is 1.15 bits per heavy atom. The van der Waals surface area contributed by atoms with Gasteiger partial charge in [-0.25, -0.2) is 0 Å². The van der Waals surface area contributed by atoms with Gasteiger partial charge in [0.05, 0.1) is 0 Å². The smallest absolute Gasteiger partial charge is 0.0169 e. The van der Waals surface area contributed by atoms with E-state index >= 15 is 0 Å². The van der Waals surface area contributed by atoms with E-state index in [0.717, 1.165) is 6.54 Å². The third-order valence-corrected chi connectivity index (χ3v) is 6.20. The fourth-order valence-electron chi connectivity index (χ4n) is 3.51. The minimum absolute atomic E-state index is 0.504. The van der Waals surface area contributed by atoms with Crippen molar-refractivity contribution in [1.82, 2.24) is 5.32 Å². The third kappa shape index (κ3) is 4.08. The van der Waals surface area contributed by atoms with Crippen molar-refractivity contribution in [2.75, 3.05) is 6.54 Å². The summed E-state index contributed by atoms with van der Waals surface area (Å²) in [5, 5.41) is 3.86. The summed E-state index contributed by atoms with van der Waals surface area (Å²) in [7, 11) is 0. The number of hydrogen-bond acceptors (Lipinski definition) is 2. The molecule has 0 bridgehead atoms. The molecular formula is C18H31NS. The Kier molecular flexibility index (Phi) is 6.10. The van der Waals surface area contributed by atoms with Gasteiger partial charge in [-0.05, 0) is 56.2 Å². The van der Waals surface area contributed by atoms with E-state index in [1.165, 1.54) is 56.2 Å². The van der Waals surface area contributed by atoms with E-state index in [9.17, 15) is 0 Å². The minimum Gasteiger partial charge on any atom is -0.313 e. The maximum absolute atomic E-state index is 3.86. The Bertz CT molecular complexity index is 390. The van der Waals surface area contributed by atoms with Crippen LogP contribution in [0.1, 0.15) is 69.1 Å². The third-order valence-electron chi connectivity index (χ3n) is 4.95. The van der Waals surface area contributed by atoms with Crippen molar-refractivity contribution in [3.63, 3.8) is 0 Å². The minimum atomic E-state index is 0.504. The Morgan fingerprint density at radius 2 is 1.85 bits per heavy atom. The molecule has 2 heteroatoms. The van der Waals surface area contributed by atoms with Crippen LogP contribution >= 0.6 is 11.3 Å². The zero-order valence-electron chi connectivity index (χ0n) is 13.5. The molecule has 1 nitrogen and oxygen atoms in total. The van der Waals surface area contributed by atoms with Gasteiger partial charge >= 0.3 is 0 Å². The summed E-state index contributed by atoms with van der Waals surface area (Å²) >= 11 is 2.02. The van der Waals surface area contributed by atoms with Gasteiger partial charge in [-0.2, -0.15) is 0 Å². The molecule has 114 valence electrons. The van der Waals surface area contributed by atoms with Crippen LogP contribution in [0.4, 0.5) is 0 Å². The van der Waals surface area contributed by atoms with Gasteiger partial charge < -0.3 is 5.32 Å². The number of thiophene rings is 1. The summed E-state index contributed by atoms with van der Waals surface area (Å²) < 4.78 is 0. The summed E-state index contributed by atoms with van der Waals surface area (Å²) in [6.45, 7) is 8.21. The molecule has 0 amide bonds. The van der Waals surface area contributed by atoms with Gasteiger partial charge in [0.1, 0.15) is 0 Å². The van der Waals surface area contributed by atoms with E-state index < -0.39 is 0 Å². The van der Waals surface area contributed by atoms with Gasteiger partial charge in [-0.3, -0.25) is 0 Å². The maximum atomic E-state index is 3.86. The first kappa shape index (κ1) is 16.0. The lowest BCUT2D eigenvalue weighted by Crippen LogP contribution is -2.46. The predicted molar refractivity (Wildman–Crippen MR) is 90.7 cm³/mol. The molecule has 1 unspecified atom stereocenters. The highest BCUT2D eigenvalue weighted by atomic mass is 32.1. The van der Waals surface area contributed by atoms with Gasteiger partial charge in [0, 0.05) is 15.8 Å². The molecule has 1 heterocycles. The highest BCUT2D eigenvalue weighted by Crippen LogP contribution is 2.40. The van der Waals surface area contributed by atoms with Crippen molar-refractivity contribution in [3.8, 4) is 0 Å². The first-order chi connectivity index (χ1) is 9.68. The quantitative estimate of drug-likeness (QED) is 0.729. The second-order valence-corrected chi connectivity index (χ2v) is 7.90. The van der Waals surface area contributed by atoms with Crippen LogP contribution in [0.5, 0.6) is 0 Å². The highest BCUT2D eigenvalue weighted by Gasteiger charge is 2.35. The molecule has 1 aromatic heterocycles.